The number of aromatic nitrogens is 2. The third kappa shape index (κ3) is 2.88. The first-order valence-electron chi connectivity index (χ1n) is 8.27. The van der Waals surface area contributed by atoms with E-state index in [1.807, 2.05) is 23.8 Å². The van der Waals surface area contributed by atoms with Gasteiger partial charge in [-0.05, 0) is 18.4 Å². The summed E-state index contributed by atoms with van der Waals surface area (Å²) in [5, 5.41) is 10.2. The Morgan fingerprint density at radius 3 is 3.20 bits per heavy atom. The van der Waals surface area contributed by atoms with E-state index in [1.165, 1.54) is 4.90 Å². The van der Waals surface area contributed by atoms with E-state index in [-0.39, 0.29) is 35.6 Å². The lowest BCUT2D eigenvalue weighted by Crippen LogP contribution is -2.60. The number of aliphatic hydroxyl groups is 1. The average Bonchev–Trinajstić information content (AvgIpc) is 3.19. The van der Waals surface area contributed by atoms with Crippen LogP contribution < -0.4 is 0 Å². The quantitative estimate of drug-likeness (QED) is 0.608. The molecule has 0 aromatic carbocycles. The van der Waals surface area contributed by atoms with E-state index in [2.05, 4.69) is 4.98 Å². The molecule has 0 unspecified atom stereocenters. The number of imidazole rings is 1. The normalized spacial score (nSPS) is 30.4. The maximum absolute atomic E-state index is 12.4. The van der Waals surface area contributed by atoms with Crippen molar-refractivity contribution in [3.8, 4) is 0 Å². The number of fused-ring (bicyclic) bond motifs is 2. The van der Waals surface area contributed by atoms with Crippen LogP contribution >= 0.6 is 23.8 Å². The summed E-state index contributed by atoms with van der Waals surface area (Å²) in [6.07, 6.45) is 5.95. The molecule has 0 bridgehead atoms. The van der Waals surface area contributed by atoms with E-state index in [0.717, 1.165) is 29.5 Å². The first kappa shape index (κ1) is 17.0. The summed E-state index contributed by atoms with van der Waals surface area (Å²) in [5.41, 5.74) is 0.343. The van der Waals surface area contributed by atoms with Gasteiger partial charge in [-0.2, -0.15) is 0 Å². The fraction of sp³-hybridized carbons (Fsp3) is 0.562. The van der Waals surface area contributed by atoms with Crippen molar-refractivity contribution in [3.05, 3.63) is 24.2 Å². The zero-order chi connectivity index (χ0) is 17.6. The predicted octanol–water partition coefficient (Wildman–Crippen LogP) is 1.29. The SMILES string of the molecule is C[C@@H]1C=C(C(=O)OS[C@H]2CSc3nccn3C2)N2C(=O)[C@@H](CCO)[C@H]12. The highest BCUT2D eigenvalue weighted by Gasteiger charge is 2.55. The number of hydrogen-bond donors (Lipinski definition) is 1. The lowest BCUT2D eigenvalue weighted by atomic mass is 9.80. The Labute approximate surface area is 154 Å². The van der Waals surface area contributed by atoms with Gasteiger partial charge in [-0.15, -0.1) is 0 Å². The zero-order valence-electron chi connectivity index (χ0n) is 13.7. The molecule has 1 amide bonds. The molecule has 7 nitrogen and oxygen atoms in total. The smallest absolute Gasteiger partial charge is 0.366 e. The van der Waals surface area contributed by atoms with Crippen LogP contribution in [-0.2, 0) is 20.3 Å². The van der Waals surface area contributed by atoms with Crippen molar-refractivity contribution in [2.75, 3.05) is 12.4 Å². The number of carbonyl (C=O) groups excluding carboxylic acids is 2. The first-order valence-corrected chi connectivity index (χ1v) is 10.1. The highest BCUT2D eigenvalue weighted by Crippen LogP contribution is 2.44. The number of β-lactam (4-membered cyclic amide) rings is 1. The second kappa shape index (κ2) is 6.69. The summed E-state index contributed by atoms with van der Waals surface area (Å²) in [4.78, 5) is 30.5. The minimum absolute atomic E-state index is 0.0152. The summed E-state index contributed by atoms with van der Waals surface area (Å²) in [7, 11) is 0. The van der Waals surface area contributed by atoms with Gasteiger partial charge in [-0.1, -0.05) is 18.7 Å². The summed E-state index contributed by atoms with van der Waals surface area (Å²) >= 11 is 2.81. The molecule has 134 valence electrons. The largest absolute Gasteiger partial charge is 0.396 e. The van der Waals surface area contributed by atoms with Gasteiger partial charge in [-0.3, -0.25) is 4.79 Å². The van der Waals surface area contributed by atoms with Gasteiger partial charge in [0.25, 0.3) is 0 Å². The van der Waals surface area contributed by atoms with Gasteiger partial charge in [-0.25, -0.2) is 9.78 Å². The molecule has 4 atom stereocenters. The van der Waals surface area contributed by atoms with Gasteiger partial charge >= 0.3 is 5.97 Å². The van der Waals surface area contributed by atoms with Crippen molar-refractivity contribution in [1.82, 2.24) is 14.5 Å². The third-order valence-electron chi connectivity index (χ3n) is 4.87. The van der Waals surface area contributed by atoms with E-state index >= 15 is 0 Å². The molecule has 1 aromatic heterocycles. The van der Waals surface area contributed by atoms with Gasteiger partial charge in [0.15, 0.2) is 5.16 Å². The van der Waals surface area contributed by atoms with Crippen LogP contribution in [0.5, 0.6) is 0 Å². The minimum atomic E-state index is -0.462. The molecule has 0 radical (unpaired) electrons. The molecule has 1 N–H and O–H groups in total. The van der Waals surface area contributed by atoms with Crippen LogP contribution in [0.1, 0.15) is 13.3 Å². The van der Waals surface area contributed by atoms with Gasteiger partial charge in [0.05, 0.1) is 29.3 Å². The molecule has 0 aliphatic carbocycles. The number of nitrogens with zero attached hydrogens (tertiary/aromatic N) is 3. The first-order chi connectivity index (χ1) is 12.1. The highest BCUT2D eigenvalue weighted by molar-refractivity contribution is 8.01. The van der Waals surface area contributed by atoms with E-state index in [9.17, 15) is 9.59 Å². The van der Waals surface area contributed by atoms with Gasteiger partial charge in [0.2, 0.25) is 5.91 Å². The van der Waals surface area contributed by atoms with Crippen molar-refractivity contribution in [2.24, 2.45) is 11.8 Å². The van der Waals surface area contributed by atoms with Crippen LogP contribution in [0.2, 0.25) is 0 Å². The number of aliphatic hydroxyl groups excluding tert-OH is 1. The zero-order valence-corrected chi connectivity index (χ0v) is 15.3. The topological polar surface area (TPSA) is 84.7 Å². The van der Waals surface area contributed by atoms with Crippen molar-refractivity contribution in [2.45, 2.75) is 36.3 Å². The second-order valence-corrected chi connectivity index (χ2v) is 8.50. The summed E-state index contributed by atoms with van der Waals surface area (Å²) < 4.78 is 7.47. The van der Waals surface area contributed by atoms with Gasteiger partial charge in [0, 0.05) is 31.3 Å². The standard InChI is InChI=1S/C16H19N3O4S2/c1-9-6-12(19-13(9)11(2-5-20)14(19)21)15(22)23-25-10-7-18-4-3-17-16(18)24-8-10/h3-4,6,9-11,13,20H,2,5,7-8H2,1H3/t9-,10-,11+,13+/m1/s1. The third-order valence-corrected chi connectivity index (χ3v) is 7.08. The van der Waals surface area contributed by atoms with Crippen LogP contribution in [0, 0.1) is 11.8 Å². The molecule has 0 spiro atoms. The fourth-order valence-electron chi connectivity index (χ4n) is 3.70. The van der Waals surface area contributed by atoms with Crippen LogP contribution in [0.3, 0.4) is 0 Å². The molecule has 9 heteroatoms. The molecular formula is C16H19N3O4S2. The fourth-order valence-corrected chi connectivity index (χ4v) is 5.54. The molecule has 4 heterocycles. The van der Waals surface area contributed by atoms with Crippen molar-refractivity contribution >= 4 is 35.7 Å². The molecule has 25 heavy (non-hydrogen) atoms. The monoisotopic (exact) mass is 381 g/mol. The summed E-state index contributed by atoms with van der Waals surface area (Å²) in [6.45, 7) is 2.72. The molecule has 1 fully saturated rings. The molecule has 3 aliphatic rings. The van der Waals surface area contributed by atoms with Crippen molar-refractivity contribution in [3.63, 3.8) is 0 Å². The number of rotatable bonds is 5. The van der Waals surface area contributed by atoms with E-state index in [0.29, 0.717) is 12.1 Å². The van der Waals surface area contributed by atoms with Crippen LogP contribution in [0.4, 0.5) is 0 Å². The summed E-state index contributed by atoms with van der Waals surface area (Å²) in [6, 6.07) is -0.0223. The molecule has 4 rings (SSSR count). The predicted molar refractivity (Wildman–Crippen MR) is 93.5 cm³/mol. The lowest BCUT2D eigenvalue weighted by Gasteiger charge is -2.45. The second-order valence-electron chi connectivity index (χ2n) is 6.49. The Balaban J connectivity index is 1.35. The molecule has 1 saturated heterocycles. The Kier molecular flexibility index (Phi) is 4.55. The Bertz CT molecular complexity index is 735. The van der Waals surface area contributed by atoms with Crippen molar-refractivity contribution in [1.29, 1.82) is 0 Å². The Hall–Kier alpha value is -1.45. The average molecular weight is 381 g/mol. The highest BCUT2D eigenvalue weighted by atomic mass is 32.2. The maximum atomic E-state index is 12.4. The van der Waals surface area contributed by atoms with Gasteiger partial charge in [0.1, 0.15) is 5.70 Å². The van der Waals surface area contributed by atoms with E-state index < -0.39 is 5.97 Å². The molecule has 3 aliphatic heterocycles. The van der Waals surface area contributed by atoms with Crippen LogP contribution in [0.25, 0.3) is 0 Å². The number of hydrogen-bond acceptors (Lipinski definition) is 7. The van der Waals surface area contributed by atoms with Crippen LogP contribution in [0.15, 0.2) is 29.3 Å². The van der Waals surface area contributed by atoms with Gasteiger partial charge < -0.3 is 18.8 Å². The minimum Gasteiger partial charge on any atom is -0.396 e. The maximum Gasteiger partial charge on any atom is 0.366 e. The Morgan fingerprint density at radius 2 is 2.40 bits per heavy atom. The summed E-state index contributed by atoms with van der Waals surface area (Å²) in [5.74, 6) is 0.183. The number of thioether (sulfide) groups is 1. The molecular weight excluding hydrogens is 362 g/mol. The van der Waals surface area contributed by atoms with E-state index in [1.54, 1.807) is 18.0 Å². The lowest BCUT2D eigenvalue weighted by molar-refractivity contribution is -0.156. The Morgan fingerprint density at radius 1 is 1.56 bits per heavy atom. The van der Waals surface area contributed by atoms with Crippen LogP contribution in [-0.4, -0.2) is 55.1 Å². The van der Waals surface area contributed by atoms with E-state index in [4.69, 9.17) is 9.29 Å². The molecule has 1 aromatic rings. The molecule has 0 saturated carbocycles. The number of carbonyl (C=O) groups is 2. The van der Waals surface area contributed by atoms with Crippen molar-refractivity contribution < 1.29 is 18.9 Å². The number of amides is 1.